The van der Waals surface area contributed by atoms with E-state index >= 15 is 0 Å². The predicted octanol–water partition coefficient (Wildman–Crippen LogP) is 3.34. The fraction of sp³-hybridized carbons (Fsp3) is 0.318. The molecule has 0 aliphatic carbocycles. The minimum absolute atomic E-state index is 0.161. The molecule has 1 aliphatic heterocycles. The van der Waals surface area contributed by atoms with E-state index in [1.54, 1.807) is 0 Å². The van der Waals surface area contributed by atoms with Gasteiger partial charge in [0.15, 0.2) is 0 Å². The molecule has 2 atom stereocenters. The topological polar surface area (TPSA) is 62.4 Å². The quantitative estimate of drug-likeness (QED) is 0.672. The number of hydroxylamine groups is 1. The second-order valence-corrected chi connectivity index (χ2v) is 6.74. The SMILES string of the molecule is CCCNC(=O)NC(Cc1ccccc1)C1C=C(Cc2ccccc2)NO1. The Morgan fingerprint density at radius 2 is 1.74 bits per heavy atom. The second-order valence-electron chi connectivity index (χ2n) is 6.74. The van der Waals surface area contributed by atoms with E-state index in [1.165, 1.54) is 5.56 Å². The van der Waals surface area contributed by atoms with E-state index in [2.05, 4.69) is 46.5 Å². The number of urea groups is 1. The highest BCUT2D eigenvalue weighted by atomic mass is 16.7. The zero-order valence-electron chi connectivity index (χ0n) is 15.7. The standard InChI is InChI=1S/C22H27N3O2/c1-2-13-23-22(26)24-20(15-18-11-7-4-8-12-18)21-16-19(25-27-21)14-17-9-5-3-6-10-17/h3-12,16,20-21,25H,2,13-15H2,1H3,(H2,23,24,26). The normalized spacial score (nSPS) is 16.9. The second kappa shape index (κ2) is 9.78. The van der Waals surface area contributed by atoms with Crippen LogP contribution in [0, 0.1) is 0 Å². The Morgan fingerprint density at radius 3 is 2.41 bits per heavy atom. The van der Waals surface area contributed by atoms with E-state index in [0.717, 1.165) is 24.1 Å². The van der Waals surface area contributed by atoms with Gasteiger partial charge in [-0.1, -0.05) is 67.6 Å². The third kappa shape index (κ3) is 5.86. The van der Waals surface area contributed by atoms with Crippen LogP contribution in [0.1, 0.15) is 24.5 Å². The van der Waals surface area contributed by atoms with Gasteiger partial charge in [0.2, 0.25) is 0 Å². The van der Waals surface area contributed by atoms with E-state index in [1.807, 2.05) is 43.3 Å². The molecule has 3 rings (SSSR count). The van der Waals surface area contributed by atoms with Crippen molar-refractivity contribution in [2.75, 3.05) is 6.54 Å². The molecule has 2 unspecified atom stereocenters. The summed E-state index contributed by atoms with van der Waals surface area (Å²) in [6.45, 7) is 2.69. The number of nitrogens with one attached hydrogen (secondary N) is 3. The van der Waals surface area contributed by atoms with Crippen LogP contribution in [0.15, 0.2) is 72.4 Å². The van der Waals surface area contributed by atoms with Gasteiger partial charge in [-0.25, -0.2) is 4.79 Å². The molecule has 1 heterocycles. The number of hydrogen-bond donors (Lipinski definition) is 3. The number of amides is 2. The van der Waals surface area contributed by atoms with Crippen LogP contribution >= 0.6 is 0 Å². The molecule has 0 saturated carbocycles. The molecule has 5 heteroatoms. The first-order valence-electron chi connectivity index (χ1n) is 9.49. The van der Waals surface area contributed by atoms with Crippen LogP contribution in [-0.4, -0.2) is 24.7 Å². The van der Waals surface area contributed by atoms with Gasteiger partial charge in [-0.15, -0.1) is 0 Å². The Morgan fingerprint density at radius 1 is 1.07 bits per heavy atom. The lowest BCUT2D eigenvalue weighted by molar-refractivity contribution is 0.0225. The van der Waals surface area contributed by atoms with Crippen molar-refractivity contribution in [3.05, 3.63) is 83.6 Å². The summed E-state index contributed by atoms with van der Waals surface area (Å²) in [7, 11) is 0. The van der Waals surface area contributed by atoms with Crippen LogP contribution in [0.5, 0.6) is 0 Å². The fourth-order valence-corrected chi connectivity index (χ4v) is 3.09. The highest BCUT2D eigenvalue weighted by Crippen LogP contribution is 2.18. The summed E-state index contributed by atoms with van der Waals surface area (Å²) in [6, 6.07) is 20.1. The van der Waals surface area contributed by atoms with Crippen LogP contribution in [0.4, 0.5) is 4.79 Å². The summed E-state index contributed by atoms with van der Waals surface area (Å²) < 4.78 is 0. The summed E-state index contributed by atoms with van der Waals surface area (Å²) in [5, 5.41) is 5.94. The summed E-state index contributed by atoms with van der Waals surface area (Å²) >= 11 is 0. The van der Waals surface area contributed by atoms with E-state index in [0.29, 0.717) is 13.0 Å². The molecule has 27 heavy (non-hydrogen) atoms. The summed E-state index contributed by atoms with van der Waals surface area (Å²) in [5.74, 6) is 0. The fourth-order valence-electron chi connectivity index (χ4n) is 3.09. The lowest BCUT2D eigenvalue weighted by Gasteiger charge is -2.23. The van der Waals surface area contributed by atoms with Gasteiger partial charge in [-0.3, -0.25) is 10.3 Å². The molecule has 2 aromatic rings. The van der Waals surface area contributed by atoms with Crippen molar-refractivity contribution in [3.8, 4) is 0 Å². The molecule has 0 bridgehead atoms. The Hall–Kier alpha value is -2.79. The third-order valence-corrected chi connectivity index (χ3v) is 4.48. The largest absolute Gasteiger partial charge is 0.338 e. The van der Waals surface area contributed by atoms with E-state index in [4.69, 9.17) is 4.84 Å². The zero-order chi connectivity index (χ0) is 18.9. The Kier molecular flexibility index (Phi) is 6.88. The first-order chi connectivity index (χ1) is 13.2. The maximum absolute atomic E-state index is 12.2. The maximum atomic E-state index is 12.2. The smallest absolute Gasteiger partial charge is 0.315 e. The molecule has 142 valence electrons. The monoisotopic (exact) mass is 365 g/mol. The highest BCUT2D eigenvalue weighted by molar-refractivity contribution is 5.74. The van der Waals surface area contributed by atoms with Gasteiger partial charge in [0.25, 0.3) is 0 Å². The summed E-state index contributed by atoms with van der Waals surface area (Å²) in [5.41, 5.74) is 6.42. The number of carbonyl (C=O) groups is 1. The van der Waals surface area contributed by atoms with Crippen LogP contribution in [0.25, 0.3) is 0 Å². The van der Waals surface area contributed by atoms with Crippen molar-refractivity contribution < 1.29 is 9.63 Å². The minimum Gasteiger partial charge on any atom is -0.338 e. The van der Waals surface area contributed by atoms with Gasteiger partial charge in [0, 0.05) is 18.7 Å². The van der Waals surface area contributed by atoms with Crippen molar-refractivity contribution in [1.82, 2.24) is 16.1 Å². The number of allylic oxidation sites excluding steroid dienone is 1. The van der Waals surface area contributed by atoms with Gasteiger partial charge in [0.1, 0.15) is 6.10 Å². The van der Waals surface area contributed by atoms with Crippen molar-refractivity contribution in [3.63, 3.8) is 0 Å². The van der Waals surface area contributed by atoms with E-state index < -0.39 is 0 Å². The van der Waals surface area contributed by atoms with Crippen LogP contribution in [0.3, 0.4) is 0 Å². The molecule has 5 nitrogen and oxygen atoms in total. The average Bonchev–Trinajstić information content (AvgIpc) is 3.16. The van der Waals surface area contributed by atoms with Crippen molar-refractivity contribution in [2.24, 2.45) is 0 Å². The first-order valence-corrected chi connectivity index (χ1v) is 9.49. The molecule has 3 N–H and O–H groups in total. The molecule has 2 aromatic carbocycles. The zero-order valence-corrected chi connectivity index (χ0v) is 15.7. The number of hydrogen-bond acceptors (Lipinski definition) is 3. The van der Waals surface area contributed by atoms with Gasteiger partial charge in [-0.2, -0.15) is 0 Å². The van der Waals surface area contributed by atoms with Crippen molar-refractivity contribution >= 4 is 6.03 Å². The van der Waals surface area contributed by atoms with Crippen LogP contribution in [-0.2, 0) is 17.7 Å². The maximum Gasteiger partial charge on any atom is 0.315 e. The highest BCUT2D eigenvalue weighted by Gasteiger charge is 2.27. The predicted molar refractivity (Wildman–Crippen MR) is 107 cm³/mol. The van der Waals surface area contributed by atoms with Gasteiger partial charge in [0.05, 0.1) is 6.04 Å². The molecule has 0 radical (unpaired) electrons. The third-order valence-electron chi connectivity index (χ3n) is 4.48. The lowest BCUT2D eigenvalue weighted by atomic mass is 10.00. The molecule has 0 aromatic heterocycles. The Balaban J connectivity index is 1.68. The van der Waals surface area contributed by atoms with E-state index in [9.17, 15) is 4.79 Å². The van der Waals surface area contributed by atoms with E-state index in [-0.39, 0.29) is 18.2 Å². The number of benzene rings is 2. The lowest BCUT2D eigenvalue weighted by Crippen LogP contribution is -2.49. The molecule has 2 amide bonds. The molecular formula is C22H27N3O2. The average molecular weight is 365 g/mol. The molecule has 0 fully saturated rings. The van der Waals surface area contributed by atoms with Gasteiger partial charge < -0.3 is 10.6 Å². The van der Waals surface area contributed by atoms with Crippen LogP contribution < -0.4 is 16.1 Å². The van der Waals surface area contributed by atoms with Crippen LogP contribution in [0.2, 0.25) is 0 Å². The van der Waals surface area contributed by atoms with Gasteiger partial charge in [-0.05, 0) is 30.0 Å². The first kappa shape index (κ1) is 19.0. The van der Waals surface area contributed by atoms with Crippen molar-refractivity contribution in [1.29, 1.82) is 0 Å². The Labute approximate surface area is 160 Å². The molecular weight excluding hydrogens is 338 g/mol. The Bertz CT molecular complexity index is 747. The number of carbonyl (C=O) groups excluding carboxylic acids is 1. The minimum atomic E-state index is -0.226. The number of rotatable bonds is 8. The van der Waals surface area contributed by atoms with Gasteiger partial charge >= 0.3 is 6.03 Å². The summed E-state index contributed by atoms with van der Waals surface area (Å²) in [6.07, 6.45) is 4.22. The summed E-state index contributed by atoms with van der Waals surface area (Å²) in [4.78, 5) is 18.0. The molecule has 1 aliphatic rings. The van der Waals surface area contributed by atoms with Crippen molar-refractivity contribution in [2.45, 2.75) is 38.3 Å². The molecule has 0 spiro atoms. The molecule has 0 saturated heterocycles.